The standard InChI is InChI=1S/C13H18F2N2O2S/c1-3-9-16-8(2)10(20-9)11(18)17-6-4-13(19,5-7-17)12(14)15/h12,19H,3-7H2,1-2H3. The summed E-state index contributed by atoms with van der Waals surface area (Å²) in [6, 6.07) is 0. The molecule has 0 aliphatic carbocycles. The minimum absolute atomic E-state index is 0.0884. The van der Waals surface area contributed by atoms with E-state index >= 15 is 0 Å². The molecule has 112 valence electrons. The highest BCUT2D eigenvalue weighted by Crippen LogP contribution is 2.30. The first-order valence-corrected chi connectivity index (χ1v) is 7.45. The molecular formula is C13H18F2N2O2S. The number of likely N-dealkylation sites (tertiary alicyclic amines) is 1. The zero-order chi connectivity index (χ0) is 14.9. The molecule has 0 bridgehead atoms. The van der Waals surface area contributed by atoms with E-state index in [2.05, 4.69) is 4.98 Å². The van der Waals surface area contributed by atoms with Crippen LogP contribution in [0.1, 0.15) is 40.1 Å². The summed E-state index contributed by atoms with van der Waals surface area (Å²) in [7, 11) is 0. The van der Waals surface area contributed by atoms with Crippen molar-refractivity contribution in [1.29, 1.82) is 0 Å². The average Bonchev–Trinajstić information content (AvgIpc) is 2.80. The molecule has 0 atom stereocenters. The number of rotatable bonds is 3. The number of hydrogen-bond donors (Lipinski definition) is 1. The van der Waals surface area contributed by atoms with E-state index < -0.39 is 12.0 Å². The van der Waals surface area contributed by atoms with Gasteiger partial charge in [-0.1, -0.05) is 6.92 Å². The molecule has 2 heterocycles. The van der Waals surface area contributed by atoms with Crippen LogP contribution in [0.5, 0.6) is 0 Å². The number of carbonyl (C=O) groups is 1. The number of aromatic nitrogens is 1. The Balaban J connectivity index is 2.07. The summed E-state index contributed by atoms with van der Waals surface area (Å²) in [6.07, 6.45) is -2.18. The van der Waals surface area contributed by atoms with Gasteiger partial charge < -0.3 is 10.0 Å². The van der Waals surface area contributed by atoms with Crippen LogP contribution in [0.15, 0.2) is 0 Å². The number of nitrogens with zero attached hydrogens (tertiary/aromatic N) is 2. The van der Waals surface area contributed by atoms with Crippen LogP contribution < -0.4 is 0 Å². The van der Waals surface area contributed by atoms with E-state index in [1.54, 1.807) is 6.92 Å². The molecule has 1 N–H and O–H groups in total. The number of carbonyl (C=O) groups excluding carboxylic acids is 1. The fourth-order valence-electron chi connectivity index (χ4n) is 2.26. The highest BCUT2D eigenvalue weighted by molar-refractivity contribution is 7.13. The first-order valence-electron chi connectivity index (χ1n) is 6.63. The van der Waals surface area contributed by atoms with Crippen molar-refractivity contribution in [2.24, 2.45) is 0 Å². The van der Waals surface area contributed by atoms with Gasteiger partial charge in [-0.25, -0.2) is 13.8 Å². The van der Waals surface area contributed by atoms with Gasteiger partial charge in [0.15, 0.2) is 0 Å². The summed E-state index contributed by atoms with van der Waals surface area (Å²) in [5, 5.41) is 10.6. The second-order valence-electron chi connectivity index (χ2n) is 5.07. The fourth-order valence-corrected chi connectivity index (χ4v) is 3.23. The van der Waals surface area contributed by atoms with Crippen molar-refractivity contribution in [3.63, 3.8) is 0 Å². The maximum absolute atomic E-state index is 12.7. The number of aryl methyl sites for hydroxylation is 2. The van der Waals surface area contributed by atoms with Crippen molar-refractivity contribution in [3.8, 4) is 0 Å². The average molecular weight is 304 g/mol. The van der Waals surface area contributed by atoms with Crippen molar-refractivity contribution in [2.75, 3.05) is 13.1 Å². The van der Waals surface area contributed by atoms with Gasteiger partial charge >= 0.3 is 0 Å². The van der Waals surface area contributed by atoms with Crippen molar-refractivity contribution in [2.45, 2.75) is 45.1 Å². The Bertz CT molecular complexity index is 497. The minimum atomic E-state index is -2.77. The van der Waals surface area contributed by atoms with Crippen LogP contribution in [0.2, 0.25) is 0 Å². The topological polar surface area (TPSA) is 53.4 Å². The van der Waals surface area contributed by atoms with E-state index in [9.17, 15) is 18.7 Å². The van der Waals surface area contributed by atoms with Gasteiger partial charge in [-0.05, 0) is 26.2 Å². The second-order valence-corrected chi connectivity index (χ2v) is 6.16. The van der Waals surface area contributed by atoms with Crippen molar-refractivity contribution < 1.29 is 18.7 Å². The molecule has 0 aromatic carbocycles. The number of aliphatic hydroxyl groups is 1. The largest absolute Gasteiger partial charge is 0.384 e. The Labute approximate surface area is 120 Å². The molecular weight excluding hydrogens is 286 g/mol. The highest BCUT2D eigenvalue weighted by atomic mass is 32.1. The van der Waals surface area contributed by atoms with Gasteiger partial charge in [0, 0.05) is 13.1 Å². The lowest BCUT2D eigenvalue weighted by Gasteiger charge is -2.37. The van der Waals surface area contributed by atoms with Crippen LogP contribution in [0.25, 0.3) is 0 Å². The van der Waals surface area contributed by atoms with Gasteiger partial charge in [0.1, 0.15) is 10.5 Å². The molecule has 1 aliphatic rings. The SMILES string of the molecule is CCc1nc(C)c(C(=O)N2CCC(O)(C(F)F)CC2)s1. The lowest BCUT2D eigenvalue weighted by atomic mass is 9.92. The first kappa shape index (κ1) is 15.3. The molecule has 0 unspecified atom stereocenters. The van der Waals surface area contributed by atoms with Gasteiger partial charge in [0.05, 0.1) is 10.7 Å². The van der Waals surface area contributed by atoms with Gasteiger partial charge in [-0.2, -0.15) is 0 Å². The fraction of sp³-hybridized carbons (Fsp3) is 0.692. The Morgan fingerprint density at radius 1 is 1.50 bits per heavy atom. The molecule has 1 amide bonds. The van der Waals surface area contributed by atoms with E-state index in [1.165, 1.54) is 16.2 Å². The number of amides is 1. The first-order chi connectivity index (χ1) is 9.37. The lowest BCUT2D eigenvalue weighted by Crippen LogP contribution is -2.50. The minimum Gasteiger partial charge on any atom is -0.384 e. The molecule has 1 aliphatic heterocycles. The maximum atomic E-state index is 12.7. The number of hydrogen-bond acceptors (Lipinski definition) is 4. The van der Waals surface area contributed by atoms with Gasteiger partial charge in [0.2, 0.25) is 0 Å². The zero-order valence-corrected chi connectivity index (χ0v) is 12.3. The Hall–Kier alpha value is -1.08. The summed E-state index contributed by atoms with van der Waals surface area (Å²) >= 11 is 1.35. The van der Waals surface area contributed by atoms with Gasteiger partial charge in [-0.3, -0.25) is 4.79 Å². The van der Waals surface area contributed by atoms with Crippen molar-refractivity contribution in [3.05, 3.63) is 15.6 Å². The monoisotopic (exact) mass is 304 g/mol. The Morgan fingerprint density at radius 3 is 2.55 bits per heavy atom. The van der Waals surface area contributed by atoms with Crippen LogP contribution in [0.4, 0.5) is 8.78 Å². The molecule has 1 saturated heterocycles. The summed E-state index contributed by atoms with van der Waals surface area (Å²) < 4.78 is 25.4. The predicted molar refractivity (Wildman–Crippen MR) is 72.3 cm³/mol. The van der Waals surface area contributed by atoms with Crippen LogP contribution in [0, 0.1) is 6.92 Å². The van der Waals surface area contributed by atoms with Crippen molar-refractivity contribution in [1.82, 2.24) is 9.88 Å². The zero-order valence-electron chi connectivity index (χ0n) is 11.5. The predicted octanol–water partition coefficient (Wildman–Crippen LogP) is 2.25. The van der Waals surface area contributed by atoms with Gasteiger partial charge in [0.25, 0.3) is 12.3 Å². The summed E-state index contributed by atoms with van der Waals surface area (Å²) in [5.41, 5.74) is -1.26. The molecule has 1 aromatic heterocycles. The summed E-state index contributed by atoms with van der Waals surface area (Å²) in [4.78, 5) is 18.8. The maximum Gasteiger partial charge on any atom is 0.266 e. The van der Waals surface area contributed by atoms with Crippen LogP contribution >= 0.6 is 11.3 Å². The number of piperidine rings is 1. The van der Waals surface area contributed by atoms with E-state index in [0.29, 0.717) is 10.6 Å². The highest BCUT2D eigenvalue weighted by Gasteiger charge is 2.42. The molecule has 1 aromatic rings. The van der Waals surface area contributed by atoms with Crippen molar-refractivity contribution >= 4 is 17.2 Å². The molecule has 0 saturated carbocycles. The molecule has 0 spiro atoms. The second kappa shape index (κ2) is 5.73. The molecule has 1 fully saturated rings. The van der Waals surface area contributed by atoms with Crippen LogP contribution in [-0.2, 0) is 6.42 Å². The molecule has 20 heavy (non-hydrogen) atoms. The third-order valence-corrected chi connectivity index (χ3v) is 4.95. The molecule has 4 nitrogen and oxygen atoms in total. The van der Waals surface area contributed by atoms with E-state index in [0.717, 1.165) is 11.4 Å². The smallest absolute Gasteiger partial charge is 0.266 e. The molecule has 7 heteroatoms. The summed E-state index contributed by atoms with van der Waals surface area (Å²) in [6.45, 7) is 4.05. The third-order valence-electron chi connectivity index (χ3n) is 3.66. The Morgan fingerprint density at radius 2 is 2.10 bits per heavy atom. The van der Waals surface area contributed by atoms with E-state index in [-0.39, 0.29) is 31.8 Å². The molecule has 2 rings (SSSR count). The van der Waals surface area contributed by atoms with E-state index in [4.69, 9.17) is 0 Å². The number of halogens is 2. The quantitative estimate of drug-likeness (QED) is 0.932. The Kier molecular flexibility index (Phi) is 4.39. The molecule has 0 radical (unpaired) electrons. The lowest BCUT2D eigenvalue weighted by molar-refractivity contribution is -0.122. The third kappa shape index (κ3) is 2.83. The summed E-state index contributed by atoms with van der Waals surface area (Å²) in [5.74, 6) is -0.170. The number of alkyl halides is 2. The van der Waals surface area contributed by atoms with E-state index in [1.807, 2.05) is 6.92 Å². The van der Waals surface area contributed by atoms with Crippen LogP contribution in [0.3, 0.4) is 0 Å². The normalized spacial score (nSPS) is 18.6. The van der Waals surface area contributed by atoms with Gasteiger partial charge in [-0.15, -0.1) is 11.3 Å². The number of thiazole rings is 1. The van der Waals surface area contributed by atoms with Crippen LogP contribution in [-0.4, -0.2) is 46.0 Å².